The fourth-order valence-electron chi connectivity index (χ4n) is 2.80. The maximum absolute atomic E-state index is 12.3. The molecule has 0 heterocycles. The van der Waals surface area contributed by atoms with Gasteiger partial charge in [-0.1, -0.05) is 38.1 Å². The third kappa shape index (κ3) is 4.97. The Bertz CT molecular complexity index is 768. The van der Waals surface area contributed by atoms with Crippen molar-refractivity contribution in [3.63, 3.8) is 0 Å². The largest absolute Gasteiger partial charge is 0.497 e. The molecule has 2 aromatic rings. The van der Waals surface area contributed by atoms with E-state index in [1.807, 2.05) is 50.2 Å². The second-order valence-electron chi connectivity index (χ2n) is 6.38. The Kier molecular flexibility index (Phi) is 7.01. The van der Waals surface area contributed by atoms with E-state index in [4.69, 9.17) is 9.47 Å². The molecule has 2 aromatic carbocycles. The summed E-state index contributed by atoms with van der Waals surface area (Å²) in [4.78, 5) is 24.2. The van der Waals surface area contributed by atoms with Crippen LogP contribution >= 0.6 is 0 Å². The monoisotopic (exact) mass is 357 g/mol. The Morgan fingerprint density at radius 3 is 2.35 bits per heavy atom. The maximum Gasteiger partial charge on any atom is 0.313 e. The van der Waals surface area contributed by atoms with Gasteiger partial charge in [-0.3, -0.25) is 9.59 Å². The summed E-state index contributed by atoms with van der Waals surface area (Å²) in [5, 5.41) is 4.92. The highest BCUT2D eigenvalue weighted by atomic mass is 16.5. The van der Waals surface area contributed by atoms with Crippen molar-refractivity contribution < 1.29 is 19.1 Å². The van der Waals surface area contributed by atoms with Crippen LogP contribution in [0.5, 0.6) is 5.75 Å². The molecule has 5 heteroatoms. The lowest BCUT2D eigenvalue weighted by molar-refractivity contribution is -0.149. The molecule has 0 aliphatic carbocycles. The lowest BCUT2D eigenvalue weighted by Crippen LogP contribution is -2.37. The molecular weight excluding hydrogens is 330 g/mol. The number of carbonyl (C=O) groups is 2. The fraction of sp³-hybridized carbons (Fsp3) is 0.429. The van der Waals surface area contributed by atoms with Gasteiger partial charge in [-0.2, -0.15) is 0 Å². The average molecular weight is 357 g/mol. The number of rotatable bonds is 8. The van der Waals surface area contributed by atoms with Gasteiger partial charge in [0.2, 0.25) is 0 Å². The van der Waals surface area contributed by atoms with Crippen molar-refractivity contribution in [1.29, 1.82) is 0 Å². The predicted octanol–water partition coefficient (Wildman–Crippen LogP) is 3.80. The Hall–Kier alpha value is -2.56. The summed E-state index contributed by atoms with van der Waals surface area (Å²) in [5.41, 5.74) is 0.855. The van der Waals surface area contributed by atoms with Crippen LogP contribution < -0.4 is 10.1 Å². The van der Waals surface area contributed by atoms with Crippen molar-refractivity contribution in [1.82, 2.24) is 5.32 Å². The van der Waals surface area contributed by atoms with Crippen LogP contribution in [0.3, 0.4) is 0 Å². The molecule has 2 rings (SSSR count). The van der Waals surface area contributed by atoms with Crippen LogP contribution in [0.4, 0.5) is 0 Å². The highest BCUT2D eigenvalue weighted by Gasteiger charge is 2.19. The molecule has 1 N–H and O–H groups in total. The topological polar surface area (TPSA) is 64.6 Å². The van der Waals surface area contributed by atoms with Crippen LogP contribution in [0.15, 0.2) is 36.4 Å². The average Bonchev–Trinajstić information content (AvgIpc) is 2.68. The first kappa shape index (κ1) is 19.8. The minimum Gasteiger partial charge on any atom is -0.497 e. The van der Waals surface area contributed by atoms with Crippen molar-refractivity contribution in [2.24, 2.45) is 0 Å². The van der Waals surface area contributed by atoms with Crippen molar-refractivity contribution in [3.05, 3.63) is 42.0 Å². The minimum absolute atomic E-state index is 0.121. The Balaban J connectivity index is 1.99. The molecule has 1 atom stereocenters. The molecule has 0 unspecified atom stereocenters. The number of benzene rings is 2. The van der Waals surface area contributed by atoms with Gasteiger partial charge in [0.25, 0.3) is 5.91 Å². The summed E-state index contributed by atoms with van der Waals surface area (Å²) in [7, 11) is 1.63. The molecule has 0 saturated heterocycles. The van der Waals surface area contributed by atoms with E-state index in [1.54, 1.807) is 14.0 Å². The van der Waals surface area contributed by atoms with Crippen LogP contribution in [0.25, 0.3) is 10.8 Å². The lowest BCUT2D eigenvalue weighted by atomic mass is 9.98. The van der Waals surface area contributed by atoms with Gasteiger partial charge in [-0.25, -0.2) is 0 Å². The van der Waals surface area contributed by atoms with Gasteiger partial charge >= 0.3 is 5.97 Å². The Labute approximate surface area is 154 Å². The lowest BCUT2D eigenvalue weighted by Gasteiger charge is -2.16. The molecular formula is C21H27NO4. The van der Waals surface area contributed by atoms with Gasteiger partial charge in [-0.05, 0) is 48.2 Å². The zero-order valence-corrected chi connectivity index (χ0v) is 15.9. The van der Waals surface area contributed by atoms with Crippen molar-refractivity contribution in [2.75, 3.05) is 13.7 Å². The standard InChI is InChI=1S/C21H27NO4/c1-5-18(6-2)22-20(23)13-26-21(24)14(3)15-7-8-17-12-19(25-4)10-9-16(17)11-15/h7-12,14,18H,5-6,13H2,1-4H3,(H,22,23)/t14-/m0/s1. The number of ether oxygens (including phenoxy) is 2. The number of hydrogen-bond donors (Lipinski definition) is 1. The summed E-state index contributed by atoms with van der Waals surface area (Å²) in [6.07, 6.45) is 1.71. The zero-order valence-electron chi connectivity index (χ0n) is 15.9. The number of amides is 1. The van der Waals surface area contributed by atoms with Crippen LogP contribution in [-0.2, 0) is 14.3 Å². The molecule has 1 amide bonds. The summed E-state index contributed by atoms with van der Waals surface area (Å²) < 4.78 is 10.4. The summed E-state index contributed by atoms with van der Waals surface area (Å²) in [6, 6.07) is 11.7. The number of carbonyl (C=O) groups excluding carboxylic acids is 2. The smallest absolute Gasteiger partial charge is 0.313 e. The molecule has 0 aliphatic heterocycles. The van der Waals surface area contributed by atoms with Crippen LogP contribution in [0.1, 0.15) is 45.1 Å². The van der Waals surface area contributed by atoms with E-state index in [2.05, 4.69) is 5.32 Å². The van der Waals surface area contributed by atoms with Gasteiger partial charge < -0.3 is 14.8 Å². The quantitative estimate of drug-likeness (QED) is 0.730. The SMILES string of the molecule is CCC(CC)NC(=O)COC(=O)[C@@H](C)c1ccc2cc(OC)ccc2c1. The first-order valence-corrected chi connectivity index (χ1v) is 9.02. The van der Waals surface area contributed by atoms with Gasteiger partial charge in [0.1, 0.15) is 5.75 Å². The normalized spacial score (nSPS) is 12.0. The number of methoxy groups -OCH3 is 1. The second-order valence-corrected chi connectivity index (χ2v) is 6.38. The third-order valence-electron chi connectivity index (χ3n) is 4.62. The molecule has 0 fully saturated rings. The predicted molar refractivity (Wildman–Crippen MR) is 102 cm³/mol. The molecule has 5 nitrogen and oxygen atoms in total. The van der Waals surface area contributed by atoms with Crippen molar-refractivity contribution in [2.45, 2.75) is 45.6 Å². The summed E-state index contributed by atoms with van der Waals surface area (Å²) in [5.74, 6) is -0.314. The maximum atomic E-state index is 12.3. The van der Waals surface area contributed by atoms with Gasteiger partial charge in [0, 0.05) is 6.04 Å². The first-order valence-electron chi connectivity index (χ1n) is 9.02. The van der Waals surface area contributed by atoms with Crippen LogP contribution in [0, 0.1) is 0 Å². The number of nitrogens with one attached hydrogen (secondary N) is 1. The van der Waals surface area contributed by atoms with E-state index in [-0.39, 0.29) is 18.6 Å². The highest BCUT2D eigenvalue weighted by molar-refractivity contribution is 5.87. The van der Waals surface area contributed by atoms with E-state index < -0.39 is 11.9 Å². The number of hydrogen-bond acceptors (Lipinski definition) is 4. The van der Waals surface area contributed by atoms with E-state index in [1.165, 1.54) is 0 Å². The zero-order chi connectivity index (χ0) is 19.1. The molecule has 0 bridgehead atoms. The van der Waals surface area contributed by atoms with Gasteiger partial charge in [-0.15, -0.1) is 0 Å². The van der Waals surface area contributed by atoms with E-state index in [0.29, 0.717) is 0 Å². The van der Waals surface area contributed by atoms with E-state index in [9.17, 15) is 9.59 Å². The minimum atomic E-state index is -0.442. The second kappa shape index (κ2) is 9.22. The van der Waals surface area contributed by atoms with Crippen molar-refractivity contribution in [3.8, 4) is 5.75 Å². The van der Waals surface area contributed by atoms with Gasteiger partial charge in [0.15, 0.2) is 6.61 Å². The summed E-state index contributed by atoms with van der Waals surface area (Å²) >= 11 is 0. The van der Waals surface area contributed by atoms with Gasteiger partial charge in [0.05, 0.1) is 13.0 Å². The van der Waals surface area contributed by atoms with Crippen LogP contribution in [0.2, 0.25) is 0 Å². The molecule has 0 saturated carbocycles. The van der Waals surface area contributed by atoms with Crippen LogP contribution in [-0.4, -0.2) is 31.6 Å². The highest BCUT2D eigenvalue weighted by Crippen LogP contribution is 2.25. The summed E-state index contributed by atoms with van der Waals surface area (Å²) in [6.45, 7) is 5.56. The Morgan fingerprint density at radius 1 is 1.04 bits per heavy atom. The number of fused-ring (bicyclic) bond motifs is 1. The molecule has 0 aromatic heterocycles. The van der Waals surface area contributed by atoms with E-state index in [0.717, 1.165) is 34.9 Å². The molecule has 0 aliphatic rings. The molecule has 0 spiro atoms. The third-order valence-corrected chi connectivity index (χ3v) is 4.62. The van der Waals surface area contributed by atoms with E-state index >= 15 is 0 Å². The number of esters is 1. The first-order chi connectivity index (χ1) is 12.5. The molecule has 0 radical (unpaired) electrons. The molecule has 140 valence electrons. The van der Waals surface area contributed by atoms with Crippen molar-refractivity contribution >= 4 is 22.6 Å². The fourth-order valence-corrected chi connectivity index (χ4v) is 2.80. The molecule has 26 heavy (non-hydrogen) atoms. The Morgan fingerprint density at radius 2 is 1.69 bits per heavy atom.